The summed E-state index contributed by atoms with van der Waals surface area (Å²) >= 11 is 0. The Balaban J connectivity index is 2.58. The summed E-state index contributed by atoms with van der Waals surface area (Å²) in [5.74, 6) is -2.06. The summed E-state index contributed by atoms with van der Waals surface area (Å²) in [5.41, 5.74) is 0. The van der Waals surface area contributed by atoms with Gasteiger partial charge in [0.25, 0.3) is 0 Å². The molecule has 63 valence electrons. The SMILES string of the molecule is O=C(O)C1C[N]CC(O)C1O. The molecule has 1 radical (unpaired) electrons. The van der Waals surface area contributed by atoms with Crippen LogP contribution in [0.4, 0.5) is 0 Å². The number of rotatable bonds is 1. The lowest BCUT2D eigenvalue weighted by Crippen LogP contribution is -2.50. The van der Waals surface area contributed by atoms with Crippen LogP contribution in [0.1, 0.15) is 0 Å². The van der Waals surface area contributed by atoms with E-state index in [9.17, 15) is 4.79 Å². The average molecular weight is 160 g/mol. The average Bonchev–Trinajstić information content (AvgIpc) is 1.94. The molecule has 0 amide bonds. The Morgan fingerprint density at radius 2 is 2.00 bits per heavy atom. The fourth-order valence-corrected chi connectivity index (χ4v) is 1.05. The summed E-state index contributed by atoms with van der Waals surface area (Å²) < 4.78 is 0. The summed E-state index contributed by atoms with van der Waals surface area (Å²) in [6.45, 7) is 0.221. The van der Waals surface area contributed by atoms with Crippen molar-refractivity contribution in [2.75, 3.05) is 13.1 Å². The molecule has 1 aliphatic heterocycles. The molecule has 5 heteroatoms. The molecule has 3 unspecified atom stereocenters. The van der Waals surface area contributed by atoms with Crippen molar-refractivity contribution in [1.29, 1.82) is 0 Å². The Hall–Kier alpha value is -0.650. The van der Waals surface area contributed by atoms with E-state index in [2.05, 4.69) is 5.32 Å². The van der Waals surface area contributed by atoms with Gasteiger partial charge in [0.15, 0.2) is 0 Å². The Bertz CT molecular complexity index is 161. The number of nitrogens with zero attached hydrogens (tertiary/aromatic N) is 1. The minimum Gasteiger partial charge on any atom is -0.481 e. The van der Waals surface area contributed by atoms with Gasteiger partial charge in [0.2, 0.25) is 0 Å². The summed E-state index contributed by atoms with van der Waals surface area (Å²) in [6.07, 6.45) is -2.20. The monoisotopic (exact) mass is 160 g/mol. The third-order valence-corrected chi connectivity index (χ3v) is 1.77. The van der Waals surface area contributed by atoms with Crippen molar-refractivity contribution < 1.29 is 20.1 Å². The number of carboxylic acids is 1. The summed E-state index contributed by atoms with van der Waals surface area (Å²) in [4.78, 5) is 10.4. The maximum absolute atomic E-state index is 10.4. The van der Waals surface area contributed by atoms with Crippen molar-refractivity contribution >= 4 is 5.97 Å². The molecule has 1 fully saturated rings. The van der Waals surface area contributed by atoms with Crippen molar-refractivity contribution in [3.8, 4) is 0 Å². The second-order valence-corrected chi connectivity index (χ2v) is 2.59. The van der Waals surface area contributed by atoms with Crippen LogP contribution in [0, 0.1) is 5.92 Å². The normalized spacial score (nSPS) is 38.5. The molecule has 5 nitrogen and oxygen atoms in total. The first-order valence-corrected chi connectivity index (χ1v) is 3.35. The molecule has 0 spiro atoms. The van der Waals surface area contributed by atoms with Gasteiger partial charge in [-0.2, -0.15) is 0 Å². The van der Waals surface area contributed by atoms with E-state index in [4.69, 9.17) is 15.3 Å². The van der Waals surface area contributed by atoms with Crippen LogP contribution in [0.2, 0.25) is 0 Å². The minimum atomic E-state index is -1.18. The molecule has 3 N–H and O–H groups in total. The molecular weight excluding hydrogens is 150 g/mol. The zero-order valence-electron chi connectivity index (χ0n) is 5.84. The fraction of sp³-hybridized carbons (Fsp3) is 0.833. The van der Waals surface area contributed by atoms with E-state index >= 15 is 0 Å². The number of aliphatic hydroxyl groups excluding tert-OH is 2. The van der Waals surface area contributed by atoms with Crippen LogP contribution >= 0.6 is 0 Å². The Labute approximate surface area is 63.7 Å². The number of carboxylic acid groups (broad SMARTS) is 1. The highest BCUT2D eigenvalue weighted by atomic mass is 16.4. The summed E-state index contributed by atoms with van der Waals surface area (Å²) in [7, 11) is 0. The molecular formula is C6H10NO4. The number of hydrogen-bond acceptors (Lipinski definition) is 3. The zero-order chi connectivity index (χ0) is 8.43. The first-order chi connectivity index (χ1) is 5.13. The number of carbonyl (C=O) groups is 1. The van der Waals surface area contributed by atoms with Gasteiger partial charge < -0.3 is 15.3 Å². The predicted molar refractivity (Wildman–Crippen MR) is 35.0 cm³/mol. The molecule has 1 rings (SSSR count). The fourth-order valence-electron chi connectivity index (χ4n) is 1.05. The highest BCUT2D eigenvalue weighted by Gasteiger charge is 2.35. The van der Waals surface area contributed by atoms with Gasteiger partial charge in [0, 0.05) is 13.1 Å². The van der Waals surface area contributed by atoms with E-state index in [0.29, 0.717) is 0 Å². The van der Waals surface area contributed by atoms with Crippen molar-refractivity contribution in [3.63, 3.8) is 0 Å². The van der Waals surface area contributed by atoms with E-state index < -0.39 is 24.1 Å². The van der Waals surface area contributed by atoms with Crippen molar-refractivity contribution in [1.82, 2.24) is 5.32 Å². The zero-order valence-corrected chi connectivity index (χ0v) is 5.84. The van der Waals surface area contributed by atoms with Gasteiger partial charge in [-0.25, -0.2) is 5.32 Å². The second-order valence-electron chi connectivity index (χ2n) is 2.59. The standard InChI is InChI=1S/C6H10NO4/c8-4-2-7-1-3(5(4)9)6(10)11/h3-5,8-9H,1-2H2,(H,10,11). The third kappa shape index (κ3) is 1.68. The lowest BCUT2D eigenvalue weighted by Gasteiger charge is -2.28. The van der Waals surface area contributed by atoms with E-state index in [-0.39, 0.29) is 13.1 Å². The Morgan fingerprint density at radius 3 is 2.45 bits per heavy atom. The van der Waals surface area contributed by atoms with Gasteiger partial charge in [-0.05, 0) is 0 Å². The van der Waals surface area contributed by atoms with E-state index in [1.807, 2.05) is 0 Å². The largest absolute Gasteiger partial charge is 0.481 e. The van der Waals surface area contributed by atoms with Crippen LogP contribution in [0.5, 0.6) is 0 Å². The van der Waals surface area contributed by atoms with Gasteiger partial charge in [-0.3, -0.25) is 4.79 Å². The Kier molecular flexibility index (Phi) is 2.43. The number of hydrogen-bond donors (Lipinski definition) is 3. The van der Waals surface area contributed by atoms with E-state index in [0.717, 1.165) is 0 Å². The topological polar surface area (TPSA) is 91.9 Å². The number of piperidine rings is 1. The molecule has 0 saturated carbocycles. The highest BCUT2D eigenvalue weighted by Crippen LogP contribution is 2.12. The van der Waals surface area contributed by atoms with Gasteiger partial charge in [0.05, 0.1) is 18.1 Å². The predicted octanol–water partition coefficient (Wildman–Crippen LogP) is -1.97. The molecule has 0 aliphatic carbocycles. The van der Waals surface area contributed by atoms with Gasteiger partial charge in [-0.1, -0.05) is 0 Å². The number of aliphatic carboxylic acids is 1. The maximum Gasteiger partial charge on any atom is 0.310 e. The van der Waals surface area contributed by atoms with Crippen LogP contribution in [0.15, 0.2) is 0 Å². The lowest BCUT2D eigenvalue weighted by molar-refractivity contribution is -0.151. The van der Waals surface area contributed by atoms with Crippen molar-refractivity contribution in [2.45, 2.75) is 12.2 Å². The molecule has 0 aromatic heterocycles. The first kappa shape index (κ1) is 8.45. The summed E-state index contributed by atoms with van der Waals surface area (Å²) in [6, 6.07) is 0. The molecule has 0 aromatic rings. The maximum atomic E-state index is 10.4. The lowest BCUT2D eigenvalue weighted by atomic mass is 9.94. The molecule has 3 atom stereocenters. The smallest absolute Gasteiger partial charge is 0.310 e. The van der Waals surface area contributed by atoms with Crippen LogP contribution in [-0.2, 0) is 4.79 Å². The summed E-state index contributed by atoms with van der Waals surface area (Å²) in [5, 5.41) is 30.3. The van der Waals surface area contributed by atoms with Crippen LogP contribution < -0.4 is 5.32 Å². The molecule has 0 bridgehead atoms. The first-order valence-electron chi connectivity index (χ1n) is 3.35. The van der Waals surface area contributed by atoms with E-state index in [1.165, 1.54) is 0 Å². The third-order valence-electron chi connectivity index (χ3n) is 1.77. The quantitative estimate of drug-likeness (QED) is 0.415. The highest BCUT2D eigenvalue weighted by molar-refractivity contribution is 5.71. The van der Waals surface area contributed by atoms with Crippen LogP contribution in [0.25, 0.3) is 0 Å². The van der Waals surface area contributed by atoms with Crippen molar-refractivity contribution in [2.24, 2.45) is 5.92 Å². The molecule has 1 heterocycles. The Morgan fingerprint density at radius 1 is 1.36 bits per heavy atom. The van der Waals surface area contributed by atoms with Crippen LogP contribution in [0.3, 0.4) is 0 Å². The second kappa shape index (κ2) is 3.17. The van der Waals surface area contributed by atoms with Crippen molar-refractivity contribution in [3.05, 3.63) is 0 Å². The van der Waals surface area contributed by atoms with Gasteiger partial charge >= 0.3 is 5.97 Å². The molecule has 1 saturated heterocycles. The van der Waals surface area contributed by atoms with Gasteiger partial charge in [0.1, 0.15) is 0 Å². The van der Waals surface area contributed by atoms with Gasteiger partial charge in [-0.15, -0.1) is 0 Å². The van der Waals surface area contributed by atoms with E-state index in [1.54, 1.807) is 0 Å². The molecule has 1 aliphatic rings. The van der Waals surface area contributed by atoms with Crippen LogP contribution in [-0.4, -0.2) is 46.6 Å². The minimum absolute atomic E-state index is 0.0908. The molecule has 11 heavy (non-hydrogen) atoms. The molecule has 0 aromatic carbocycles. The number of aliphatic hydroxyl groups is 2.